The second-order valence-electron chi connectivity index (χ2n) is 8.11. The molecule has 1 amide bonds. The molecule has 7 heteroatoms. The summed E-state index contributed by atoms with van der Waals surface area (Å²) in [5.41, 5.74) is 4.98. The van der Waals surface area contributed by atoms with Crippen LogP contribution in [0.25, 0.3) is 11.3 Å². The van der Waals surface area contributed by atoms with Crippen LogP contribution >= 0.6 is 11.3 Å². The molecule has 0 bridgehead atoms. The van der Waals surface area contributed by atoms with E-state index in [1.165, 1.54) is 12.1 Å². The number of carbonyl (C=O) groups excluding carboxylic acids is 1. The van der Waals surface area contributed by atoms with Crippen LogP contribution in [0.3, 0.4) is 0 Å². The molecule has 2 heterocycles. The Kier molecular flexibility index (Phi) is 6.75. The van der Waals surface area contributed by atoms with E-state index in [1.807, 2.05) is 31.4 Å². The topological polar surface area (TPSA) is 48.5 Å². The van der Waals surface area contributed by atoms with E-state index in [1.54, 1.807) is 23.5 Å². The first-order chi connectivity index (χ1) is 14.9. The quantitative estimate of drug-likeness (QED) is 0.623. The minimum atomic E-state index is -0.236. The highest BCUT2D eigenvalue weighted by molar-refractivity contribution is 7.09. The van der Waals surface area contributed by atoms with E-state index in [9.17, 15) is 9.18 Å². The normalized spacial score (nSPS) is 15.2. The molecule has 0 unspecified atom stereocenters. The van der Waals surface area contributed by atoms with Gasteiger partial charge in [-0.25, -0.2) is 9.37 Å². The Morgan fingerprint density at radius 3 is 2.35 bits per heavy atom. The van der Waals surface area contributed by atoms with Crippen molar-refractivity contribution in [2.24, 2.45) is 0 Å². The van der Waals surface area contributed by atoms with Crippen LogP contribution in [0, 0.1) is 19.7 Å². The molecule has 0 radical (unpaired) electrons. The Labute approximate surface area is 186 Å². The number of nitrogens with zero attached hydrogens (tertiary/aromatic N) is 3. The number of amides is 1. The lowest BCUT2D eigenvalue weighted by atomic mass is 10.1. The van der Waals surface area contributed by atoms with Crippen molar-refractivity contribution in [3.05, 3.63) is 69.8 Å². The van der Waals surface area contributed by atoms with Crippen molar-refractivity contribution >= 4 is 22.9 Å². The fraction of sp³-hybridized carbons (Fsp3) is 0.333. The van der Waals surface area contributed by atoms with E-state index in [4.69, 9.17) is 4.98 Å². The highest BCUT2D eigenvalue weighted by Gasteiger charge is 2.20. The van der Waals surface area contributed by atoms with Crippen LogP contribution in [0.4, 0.5) is 10.1 Å². The van der Waals surface area contributed by atoms with Gasteiger partial charge in [0.05, 0.1) is 18.8 Å². The number of anilines is 1. The Morgan fingerprint density at radius 1 is 1.03 bits per heavy atom. The van der Waals surface area contributed by atoms with Crippen LogP contribution < -0.4 is 5.32 Å². The molecule has 0 aliphatic carbocycles. The number of nitrogens with one attached hydrogen (secondary N) is 1. The third-order valence-electron chi connectivity index (χ3n) is 5.39. The fourth-order valence-corrected chi connectivity index (χ4v) is 4.73. The number of hydrogen-bond acceptors (Lipinski definition) is 5. The van der Waals surface area contributed by atoms with Gasteiger partial charge in [0.25, 0.3) is 0 Å². The van der Waals surface area contributed by atoms with E-state index in [2.05, 4.69) is 21.2 Å². The molecule has 0 spiro atoms. The van der Waals surface area contributed by atoms with Gasteiger partial charge in [-0.1, -0.05) is 6.07 Å². The molecule has 1 aliphatic heterocycles. The zero-order valence-corrected chi connectivity index (χ0v) is 18.7. The standard InChI is InChI=1S/C24H27FN4OS/c1-17-11-18(2)13-21(12-17)26-23(30)14-28-7-9-29(10-8-28)15-24-27-22(16-31-24)19-3-5-20(25)6-4-19/h3-6,11-13,16H,7-10,14-15H2,1-2H3,(H,26,30). The molecule has 5 nitrogen and oxygen atoms in total. The number of benzene rings is 2. The van der Waals surface area contributed by atoms with Crippen molar-refractivity contribution in [2.45, 2.75) is 20.4 Å². The predicted octanol–water partition coefficient (Wildman–Crippen LogP) is 4.32. The summed E-state index contributed by atoms with van der Waals surface area (Å²) in [4.78, 5) is 21.7. The maximum Gasteiger partial charge on any atom is 0.238 e. The zero-order valence-electron chi connectivity index (χ0n) is 17.9. The molecule has 1 N–H and O–H groups in total. The highest BCUT2D eigenvalue weighted by Crippen LogP contribution is 2.23. The summed E-state index contributed by atoms with van der Waals surface area (Å²) >= 11 is 1.63. The summed E-state index contributed by atoms with van der Waals surface area (Å²) in [5, 5.41) is 6.10. The van der Waals surface area contributed by atoms with Gasteiger partial charge in [-0.3, -0.25) is 14.6 Å². The van der Waals surface area contributed by atoms with Crippen LogP contribution in [-0.2, 0) is 11.3 Å². The molecular weight excluding hydrogens is 411 g/mol. The van der Waals surface area contributed by atoms with Crippen molar-refractivity contribution < 1.29 is 9.18 Å². The summed E-state index contributed by atoms with van der Waals surface area (Å²) in [6.45, 7) is 8.80. The van der Waals surface area contributed by atoms with Crippen LogP contribution in [0.2, 0.25) is 0 Å². The lowest BCUT2D eigenvalue weighted by molar-refractivity contribution is -0.117. The van der Waals surface area contributed by atoms with E-state index < -0.39 is 0 Å². The number of halogens is 1. The van der Waals surface area contributed by atoms with Crippen molar-refractivity contribution in [1.82, 2.24) is 14.8 Å². The van der Waals surface area contributed by atoms with Gasteiger partial charge in [-0.15, -0.1) is 11.3 Å². The molecule has 1 aliphatic rings. The number of rotatable bonds is 6. The summed E-state index contributed by atoms with van der Waals surface area (Å²) in [7, 11) is 0. The van der Waals surface area contributed by atoms with Crippen molar-refractivity contribution in [3.8, 4) is 11.3 Å². The average Bonchev–Trinajstić information content (AvgIpc) is 3.17. The Hall–Kier alpha value is -2.61. The number of aryl methyl sites for hydroxylation is 2. The van der Waals surface area contributed by atoms with Crippen molar-refractivity contribution in [1.29, 1.82) is 0 Å². The van der Waals surface area contributed by atoms with Gasteiger partial charge in [0.1, 0.15) is 10.8 Å². The molecule has 162 valence electrons. The smallest absolute Gasteiger partial charge is 0.238 e. The van der Waals surface area contributed by atoms with Gasteiger partial charge >= 0.3 is 0 Å². The lowest BCUT2D eigenvalue weighted by Gasteiger charge is -2.33. The molecule has 4 rings (SSSR count). The fourth-order valence-electron chi connectivity index (χ4n) is 3.88. The van der Waals surface area contributed by atoms with Gasteiger partial charge in [0.15, 0.2) is 0 Å². The number of thiazole rings is 1. The average molecular weight is 439 g/mol. The van der Waals surface area contributed by atoms with E-state index in [-0.39, 0.29) is 11.7 Å². The first kappa shape index (κ1) is 21.6. The van der Waals surface area contributed by atoms with Gasteiger partial charge in [-0.2, -0.15) is 0 Å². The van der Waals surface area contributed by atoms with Gasteiger partial charge in [-0.05, 0) is 61.4 Å². The Bertz CT molecular complexity index is 1020. The summed E-state index contributed by atoms with van der Waals surface area (Å²) in [6, 6.07) is 12.5. The summed E-state index contributed by atoms with van der Waals surface area (Å²) < 4.78 is 13.1. The molecule has 1 aromatic heterocycles. The molecule has 31 heavy (non-hydrogen) atoms. The van der Waals surface area contributed by atoms with Gasteiger partial charge < -0.3 is 5.32 Å². The van der Waals surface area contributed by atoms with E-state index in [0.717, 1.165) is 65.8 Å². The van der Waals surface area contributed by atoms with Crippen molar-refractivity contribution in [2.75, 3.05) is 38.0 Å². The molecule has 2 aromatic carbocycles. The number of carbonyl (C=O) groups is 1. The minimum absolute atomic E-state index is 0.0299. The highest BCUT2D eigenvalue weighted by atomic mass is 32.1. The minimum Gasteiger partial charge on any atom is -0.325 e. The number of piperazine rings is 1. The molecule has 0 saturated carbocycles. The molecular formula is C24H27FN4OS. The molecule has 3 aromatic rings. The van der Waals surface area contributed by atoms with Crippen LogP contribution in [0.5, 0.6) is 0 Å². The van der Waals surface area contributed by atoms with Gasteiger partial charge in [0.2, 0.25) is 5.91 Å². The number of hydrogen-bond donors (Lipinski definition) is 1. The summed E-state index contributed by atoms with van der Waals surface area (Å²) in [6.07, 6.45) is 0. The maximum absolute atomic E-state index is 13.1. The third-order valence-corrected chi connectivity index (χ3v) is 6.22. The Morgan fingerprint density at radius 2 is 1.68 bits per heavy atom. The predicted molar refractivity (Wildman–Crippen MR) is 124 cm³/mol. The summed E-state index contributed by atoms with van der Waals surface area (Å²) in [5.74, 6) is -0.206. The number of aromatic nitrogens is 1. The molecule has 1 fully saturated rings. The third kappa shape index (κ3) is 5.97. The van der Waals surface area contributed by atoms with E-state index in [0.29, 0.717) is 6.54 Å². The molecule has 1 saturated heterocycles. The molecule has 0 atom stereocenters. The SMILES string of the molecule is Cc1cc(C)cc(NC(=O)CN2CCN(Cc3nc(-c4ccc(F)cc4)cs3)CC2)c1. The zero-order chi connectivity index (χ0) is 21.8. The second-order valence-corrected chi connectivity index (χ2v) is 9.05. The van der Waals surface area contributed by atoms with Crippen LogP contribution in [0.1, 0.15) is 16.1 Å². The largest absolute Gasteiger partial charge is 0.325 e. The first-order valence-electron chi connectivity index (χ1n) is 10.5. The first-order valence-corrected chi connectivity index (χ1v) is 11.4. The van der Waals surface area contributed by atoms with Crippen molar-refractivity contribution in [3.63, 3.8) is 0 Å². The van der Waals surface area contributed by atoms with Crippen LogP contribution in [-0.4, -0.2) is 53.4 Å². The maximum atomic E-state index is 13.1. The van der Waals surface area contributed by atoms with Crippen LogP contribution in [0.15, 0.2) is 47.8 Å². The van der Waals surface area contributed by atoms with E-state index >= 15 is 0 Å². The monoisotopic (exact) mass is 438 g/mol. The van der Waals surface area contributed by atoms with Gasteiger partial charge in [0, 0.05) is 42.8 Å². The lowest BCUT2D eigenvalue weighted by Crippen LogP contribution is -2.48. The second kappa shape index (κ2) is 9.68. The Balaban J connectivity index is 1.24.